The number of hydrogen-bond acceptors (Lipinski definition) is 11. The first-order chi connectivity index (χ1) is 19.7. The van der Waals surface area contributed by atoms with E-state index in [-0.39, 0.29) is 53.3 Å². The van der Waals surface area contributed by atoms with Crippen LogP contribution in [0.2, 0.25) is 0 Å². The Hall–Kier alpha value is -0.890. The molecule has 4 aliphatic carbocycles. The maximum Gasteiger partial charge on any atom is 0.311 e. The lowest BCUT2D eigenvalue weighted by atomic mass is 9.43. The van der Waals surface area contributed by atoms with Crippen LogP contribution in [0.3, 0.4) is 0 Å². The summed E-state index contributed by atoms with van der Waals surface area (Å²) in [4.78, 5) is 12.0. The van der Waals surface area contributed by atoms with Gasteiger partial charge in [-0.1, -0.05) is 20.8 Å². The van der Waals surface area contributed by atoms with Gasteiger partial charge in [-0.15, -0.1) is 0 Å². The molecule has 0 aromatic heterocycles. The van der Waals surface area contributed by atoms with Crippen molar-refractivity contribution in [3.8, 4) is 0 Å². The molecule has 0 radical (unpaired) electrons. The summed E-state index contributed by atoms with van der Waals surface area (Å²) in [5, 5.41) is 75.3. The quantitative estimate of drug-likeness (QED) is 0.124. The largest absolute Gasteiger partial charge is 0.469 e. The molecule has 242 valence electrons. The van der Waals surface area contributed by atoms with Crippen molar-refractivity contribution in [2.75, 3.05) is 13.7 Å². The zero-order valence-corrected chi connectivity index (χ0v) is 25.3. The lowest BCUT2D eigenvalue weighted by Crippen LogP contribution is -2.69. The van der Waals surface area contributed by atoms with Crippen LogP contribution < -0.4 is 0 Å². The van der Waals surface area contributed by atoms with Crippen LogP contribution in [-0.4, -0.2) is 104 Å². The zero-order valence-electron chi connectivity index (χ0n) is 25.3. The van der Waals surface area contributed by atoms with E-state index in [9.17, 15) is 40.5 Å². The van der Waals surface area contributed by atoms with Crippen LogP contribution in [0.15, 0.2) is 0 Å². The number of ether oxygens (including phenoxy) is 3. The van der Waals surface area contributed by atoms with Gasteiger partial charge in [0.2, 0.25) is 0 Å². The van der Waals surface area contributed by atoms with Crippen molar-refractivity contribution in [2.24, 2.45) is 46.3 Å². The summed E-state index contributed by atoms with van der Waals surface area (Å²) in [5.41, 5.74) is -0.762. The molecule has 0 spiro atoms. The predicted molar refractivity (Wildman–Crippen MR) is 148 cm³/mol. The number of rotatable bonds is 7. The van der Waals surface area contributed by atoms with Gasteiger partial charge < -0.3 is 50.0 Å². The van der Waals surface area contributed by atoms with Gasteiger partial charge >= 0.3 is 11.9 Å². The van der Waals surface area contributed by atoms with Gasteiger partial charge in [0.15, 0.2) is 6.10 Å². The summed E-state index contributed by atoms with van der Waals surface area (Å²) < 4.78 is 16.9. The highest BCUT2D eigenvalue weighted by atomic mass is 16.8. The average molecular weight is 601 g/mol. The molecule has 5 aliphatic rings. The molecule has 12 unspecified atom stereocenters. The van der Waals surface area contributed by atoms with E-state index in [1.165, 1.54) is 7.11 Å². The molecule has 4 saturated carbocycles. The van der Waals surface area contributed by atoms with Crippen LogP contribution in [0.25, 0.3) is 0 Å². The molecule has 7 N–H and O–H groups in total. The zero-order chi connectivity index (χ0) is 30.8. The minimum absolute atomic E-state index is 0.0134. The van der Waals surface area contributed by atoms with Crippen LogP contribution >= 0.6 is 0 Å². The van der Waals surface area contributed by atoms with E-state index >= 15 is 0 Å². The number of carbonyl (C=O) groups is 1. The van der Waals surface area contributed by atoms with Crippen molar-refractivity contribution in [3.05, 3.63) is 0 Å². The summed E-state index contributed by atoms with van der Waals surface area (Å²) >= 11 is 0. The Labute approximate surface area is 248 Å². The molecule has 1 heterocycles. The predicted octanol–water partition coefficient (Wildman–Crippen LogP) is 0.681. The Morgan fingerprint density at radius 3 is 2.38 bits per heavy atom. The normalized spacial score (nSPS) is 53.0. The number of carbonyl (C=O) groups excluding carboxylic acids is 1. The second-order valence-electron chi connectivity index (χ2n) is 14.6. The van der Waals surface area contributed by atoms with Crippen LogP contribution in [0, 0.1) is 46.3 Å². The minimum Gasteiger partial charge on any atom is -0.469 e. The Morgan fingerprint density at radius 2 is 1.71 bits per heavy atom. The summed E-state index contributed by atoms with van der Waals surface area (Å²) in [7, 11) is 1.37. The SMILES string of the molecule is COC(=O)CCC(C)C1CCC2C3C(O)CC4CC(O)CCC4(C)C3CC(OC3(O)O[C@H](CO)[C@@H](O)[C@H](O)[C@H]3O)C12C. The first-order valence-electron chi connectivity index (χ1n) is 15.9. The maximum atomic E-state index is 12.0. The van der Waals surface area contributed by atoms with Gasteiger partial charge in [-0.25, -0.2) is 0 Å². The Morgan fingerprint density at radius 1 is 1.00 bits per heavy atom. The monoisotopic (exact) mass is 600 g/mol. The highest BCUT2D eigenvalue weighted by Crippen LogP contribution is 2.69. The molecule has 16 atom stereocenters. The molecule has 42 heavy (non-hydrogen) atoms. The lowest BCUT2D eigenvalue weighted by Gasteiger charge is -2.64. The fourth-order valence-electron chi connectivity index (χ4n) is 10.4. The smallest absolute Gasteiger partial charge is 0.311 e. The van der Waals surface area contributed by atoms with Gasteiger partial charge in [0.05, 0.1) is 32.0 Å². The molecular weight excluding hydrogens is 548 g/mol. The summed E-state index contributed by atoms with van der Waals surface area (Å²) in [6.07, 6.45) is -2.67. The molecule has 1 aliphatic heterocycles. The summed E-state index contributed by atoms with van der Waals surface area (Å²) in [6.45, 7) is 5.77. The second-order valence-corrected chi connectivity index (χ2v) is 14.6. The number of methoxy groups -OCH3 is 1. The third-order valence-corrected chi connectivity index (χ3v) is 12.8. The Kier molecular flexibility index (Phi) is 9.13. The molecule has 11 nitrogen and oxygen atoms in total. The number of esters is 1. The van der Waals surface area contributed by atoms with Gasteiger partial charge in [-0.3, -0.25) is 4.79 Å². The number of aliphatic hydroxyl groups is 7. The average Bonchev–Trinajstić information content (AvgIpc) is 3.32. The number of hydrogen-bond donors (Lipinski definition) is 7. The Bertz CT molecular complexity index is 979. The van der Waals surface area contributed by atoms with Crippen molar-refractivity contribution in [1.29, 1.82) is 0 Å². The van der Waals surface area contributed by atoms with Gasteiger partial charge in [0.1, 0.15) is 18.3 Å². The van der Waals surface area contributed by atoms with E-state index in [1.807, 2.05) is 0 Å². The minimum atomic E-state index is -2.68. The maximum absolute atomic E-state index is 12.0. The molecule has 5 fully saturated rings. The first-order valence-corrected chi connectivity index (χ1v) is 15.9. The third kappa shape index (κ3) is 5.14. The number of fused-ring (bicyclic) bond motifs is 5. The summed E-state index contributed by atoms with van der Waals surface area (Å²) in [6, 6.07) is 0. The van der Waals surface area contributed by atoms with Crippen LogP contribution in [0.4, 0.5) is 0 Å². The molecule has 0 amide bonds. The van der Waals surface area contributed by atoms with Gasteiger partial charge in [0.25, 0.3) is 0 Å². The van der Waals surface area contributed by atoms with Gasteiger partial charge in [-0.05, 0) is 92.3 Å². The molecule has 1 saturated heterocycles. The van der Waals surface area contributed by atoms with Crippen molar-refractivity contribution >= 4 is 5.97 Å². The topological polar surface area (TPSA) is 186 Å². The van der Waals surface area contributed by atoms with E-state index in [2.05, 4.69) is 20.8 Å². The number of aliphatic hydroxyl groups excluding tert-OH is 6. The highest BCUT2D eigenvalue weighted by molar-refractivity contribution is 5.69. The fraction of sp³-hybridized carbons (Fsp3) is 0.968. The van der Waals surface area contributed by atoms with E-state index in [4.69, 9.17) is 14.2 Å². The van der Waals surface area contributed by atoms with Crippen molar-refractivity contribution in [2.45, 2.75) is 127 Å². The van der Waals surface area contributed by atoms with Crippen LogP contribution in [0.5, 0.6) is 0 Å². The lowest BCUT2D eigenvalue weighted by molar-refractivity contribution is -0.468. The molecule has 0 aromatic carbocycles. The van der Waals surface area contributed by atoms with Crippen molar-refractivity contribution in [3.63, 3.8) is 0 Å². The molecule has 0 bridgehead atoms. The molecule has 5 rings (SSSR count). The van der Waals surface area contributed by atoms with E-state index in [1.54, 1.807) is 0 Å². The Balaban J connectivity index is 1.52. The van der Waals surface area contributed by atoms with Crippen LogP contribution in [0.1, 0.15) is 78.6 Å². The van der Waals surface area contributed by atoms with Gasteiger partial charge in [-0.2, -0.15) is 0 Å². The standard InChI is InChI=1S/C31H52O11/c1-15(5-8-24(35)40-4)18-6-7-19-25-20(29(2)10-9-17(33)11-16(29)12-21(25)34)13-23(30(18,19)3)42-31(39)28(38)27(37)26(36)22(14-32)41-31/h15-23,25-28,32-34,36-39H,5-14H2,1-4H3/t15?,16?,17?,18?,19?,20?,21?,22-,23?,25?,26-,27+,28-,29?,30?,31?/m1/s1. The van der Waals surface area contributed by atoms with Crippen LogP contribution in [-0.2, 0) is 19.0 Å². The van der Waals surface area contributed by atoms with E-state index < -0.39 is 60.7 Å². The summed E-state index contributed by atoms with van der Waals surface area (Å²) in [5.74, 6) is -2.69. The molecular formula is C31H52O11. The molecule has 11 heteroatoms. The van der Waals surface area contributed by atoms with Crippen molar-refractivity contribution in [1.82, 2.24) is 0 Å². The fourth-order valence-corrected chi connectivity index (χ4v) is 10.4. The molecule has 0 aromatic rings. The second kappa shape index (κ2) is 11.8. The highest BCUT2D eigenvalue weighted by Gasteiger charge is 2.68. The third-order valence-electron chi connectivity index (χ3n) is 12.8. The van der Waals surface area contributed by atoms with Crippen molar-refractivity contribution < 1.29 is 54.8 Å². The van der Waals surface area contributed by atoms with E-state index in [0.717, 1.165) is 19.3 Å². The first kappa shape index (κ1) is 32.5. The van der Waals surface area contributed by atoms with E-state index in [0.29, 0.717) is 32.1 Å². The van der Waals surface area contributed by atoms with Gasteiger partial charge in [0, 0.05) is 11.8 Å².